The van der Waals surface area contributed by atoms with Crippen molar-refractivity contribution in [3.8, 4) is 0 Å². The van der Waals surface area contributed by atoms with Crippen molar-refractivity contribution in [3.05, 3.63) is 44.5 Å². The fourth-order valence-electron chi connectivity index (χ4n) is 3.39. The maximum absolute atomic E-state index is 12.6. The summed E-state index contributed by atoms with van der Waals surface area (Å²) in [5, 5.41) is 8.02. The van der Waals surface area contributed by atoms with E-state index in [1.807, 2.05) is 4.68 Å². The van der Waals surface area contributed by atoms with Gasteiger partial charge in [-0.1, -0.05) is 5.21 Å². The highest BCUT2D eigenvalue weighted by Crippen LogP contribution is 2.30. The molecule has 1 fully saturated rings. The van der Waals surface area contributed by atoms with Crippen molar-refractivity contribution in [2.24, 2.45) is 0 Å². The molecule has 2 aromatic rings. The van der Waals surface area contributed by atoms with Crippen LogP contribution in [0.25, 0.3) is 0 Å². The molecule has 0 radical (unpaired) electrons. The van der Waals surface area contributed by atoms with Gasteiger partial charge < -0.3 is 9.64 Å². The highest BCUT2D eigenvalue weighted by atomic mass is 16.5. The molecule has 4 rings (SSSR count). The number of piperidine rings is 1. The van der Waals surface area contributed by atoms with Gasteiger partial charge in [-0.3, -0.25) is 19.1 Å². The molecule has 1 N–H and O–H groups in total. The van der Waals surface area contributed by atoms with Gasteiger partial charge in [0.2, 0.25) is 5.91 Å². The summed E-state index contributed by atoms with van der Waals surface area (Å²) in [7, 11) is 0. The second-order valence-corrected chi connectivity index (χ2v) is 6.41. The Morgan fingerprint density at radius 1 is 1.44 bits per heavy atom. The average Bonchev–Trinajstić information content (AvgIpc) is 3.08. The SMILES string of the molecule is Cc1cn(CC(=O)N2CC[C@@H]3OCc4cnnn4[C@H]3C2)c(=O)[nH]c1=O. The summed E-state index contributed by atoms with van der Waals surface area (Å²) >= 11 is 0. The van der Waals surface area contributed by atoms with E-state index < -0.39 is 11.2 Å². The highest BCUT2D eigenvalue weighted by molar-refractivity contribution is 5.76. The molecule has 132 valence electrons. The van der Waals surface area contributed by atoms with Gasteiger partial charge in [0, 0.05) is 24.8 Å². The number of aromatic amines is 1. The molecule has 0 aliphatic carbocycles. The second-order valence-electron chi connectivity index (χ2n) is 6.41. The Bertz CT molecular complexity index is 929. The number of hydrogen-bond acceptors (Lipinski definition) is 6. The largest absolute Gasteiger partial charge is 0.370 e. The molecule has 0 bridgehead atoms. The van der Waals surface area contributed by atoms with E-state index in [1.165, 1.54) is 10.8 Å². The number of carbonyl (C=O) groups is 1. The third-order valence-corrected chi connectivity index (χ3v) is 4.78. The summed E-state index contributed by atoms with van der Waals surface area (Å²) in [4.78, 5) is 39.8. The van der Waals surface area contributed by atoms with Gasteiger partial charge in [0.05, 0.1) is 30.6 Å². The van der Waals surface area contributed by atoms with E-state index in [2.05, 4.69) is 15.3 Å². The van der Waals surface area contributed by atoms with E-state index in [-0.39, 0.29) is 24.6 Å². The highest BCUT2D eigenvalue weighted by Gasteiger charge is 2.37. The molecule has 2 aromatic heterocycles. The van der Waals surface area contributed by atoms with Crippen LogP contribution in [0.5, 0.6) is 0 Å². The van der Waals surface area contributed by atoms with E-state index in [9.17, 15) is 14.4 Å². The van der Waals surface area contributed by atoms with Crippen LogP contribution in [0.1, 0.15) is 23.7 Å². The van der Waals surface area contributed by atoms with Gasteiger partial charge in [-0.15, -0.1) is 5.10 Å². The normalized spacial score (nSPS) is 22.4. The number of likely N-dealkylation sites (tertiary alicyclic amines) is 1. The van der Waals surface area contributed by atoms with E-state index in [4.69, 9.17) is 4.74 Å². The quantitative estimate of drug-likeness (QED) is 0.731. The summed E-state index contributed by atoms with van der Waals surface area (Å²) in [6.45, 7) is 2.97. The lowest BCUT2D eigenvalue weighted by Crippen LogP contribution is -2.51. The summed E-state index contributed by atoms with van der Waals surface area (Å²) in [5.41, 5.74) is 0.257. The molecule has 25 heavy (non-hydrogen) atoms. The number of nitrogens with zero attached hydrogens (tertiary/aromatic N) is 5. The Morgan fingerprint density at radius 3 is 3.12 bits per heavy atom. The van der Waals surface area contributed by atoms with Crippen molar-refractivity contribution < 1.29 is 9.53 Å². The minimum absolute atomic E-state index is 0.0105. The first-order valence-electron chi connectivity index (χ1n) is 8.12. The second kappa shape index (κ2) is 5.96. The van der Waals surface area contributed by atoms with Gasteiger partial charge >= 0.3 is 5.69 Å². The van der Waals surface area contributed by atoms with Gasteiger partial charge in [0.1, 0.15) is 6.54 Å². The Labute approximate surface area is 142 Å². The number of fused-ring (bicyclic) bond motifs is 3. The van der Waals surface area contributed by atoms with Gasteiger partial charge in [0.25, 0.3) is 5.56 Å². The number of amides is 1. The molecule has 0 unspecified atom stereocenters. The molecule has 10 heteroatoms. The molecule has 2 aliphatic rings. The summed E-state index contributed by atoms with van der Waals surface area (Å²) in [6.07, 6.45) is 3.79. The van der Waals surface area contributed by atoms with E-state index in [0.717, 1.165) is 5.69 Å². The van der Waals surface area contributed by atoms with Crippen LogP contribution in [0.15, 0.2) is 22.0 Å². The number of aryl methyl sites for hydroxylation is 1. The minimum Gasteiger partial charge on any atom is -0.370 e. The number of carbonyl (C=O) groups excluding carboxylic acids is 1. The predicted molar refractivity (Wildman–Crippen MR) is 84.9 cm³/mol. The topological polar surface area (TPSA) is 115 Å². The zero-order valence-electron chi connectivity index (χ0n) is 13.7. The molecular weight excluding hydrogens is 328 g/mol. The van der Waals surface area contributed by atoms with Crippen LogP contribution < -0.4 is 11.2 Å². The van der Waals surface area contributed by atoms with Crippen LogP contribution in [0.2, 0.25) is 0 Å². The molecule has 0 saturated carbocycles. The molecule has 1 amide bonds. The molecule has 2 aliphatic heterocycles. The number of nitrogens with one attached hydrogen (secondary N) is 1. The number of rotatable bonds is 2. The van der Waals surface area contributed by atoms with E-state index in [1.54, 1.807) is 18.0 Å². The van der Waals surface area contributed by atoms with E-state index in [0.29, 0.717) is 31.7 Å². The molecule has 4 heterocycles. The smallest absolute Gasteiger partial charge is 0.328 e. The standard InChI is InChI=1S/C15H18N6O4/c1-9-5-20(15(24)17-14(9)23)7-13(22)19-3-2-12-11(6-19)21-10(8-25-12)4-16-18-21/h4-5,11-12H,2-3,6-8H2,1H3,(H,17,23,24)/t11-,12-/m0/s1. The molecule has 10 nitrogen and oxygen atoms in total. The summed E-state index contributed by atoms with van der Waals surface area (Å²) < 4.78 is 8.88. The number of H-pyrrole nitrogens is 1. The first-order valence-corrected chi connectivity index (χ1v) is 8.12. The summed E-state index contributed by atoms with van der Waals surface area (Å²) in [5.74, 6) is -0.181. The maximum Gasteiger partial charge on any atom is 0.328 e. The van der Waals surface area contributed by atoms with Crippen LogP contribution in [0.3, 0.4) is 0 Å². The molecule has 0 spiro atoms. The number of hydrogen-bond donors (Lipinski definition) is 1. The minimum atomic E-state index is -0.585. The lowest BCUT2D eigenvalue weighted by atomic mass is 10.0. The lowest BCUT2D eigenvalue weighted by Gasteiger charge is -2.41. The van der Waals surface area contributed by atoms with Gasteiger partial charge in [-0.25, -0.2) is 9.48 Å². The Morgan fingerprint density at radius 2 is 2.28 bits per heavy atom. The number of ether oxygens (including phenoxy) is 1. The zero-order valence-corrected chi connectivity index (χ0v) is 13.7. The zero-order chi connectivity index (χ0) is 17.6. The monoisotopic (exact) mass is 346 g/mol. The molecule has 1 saturated heterocycles. The van der Waals surface area contributed by atoms with Crippen LogP contribution in [-0.4, -0.2) is 54.5 Å². The van der Waals surface area contributed by atoms with Crippen molar-refractivity contribution in [1.29, 1.82) is 0 Å². The predicted octanol–water partition coefficient (Wildman–Crippen LogP) is -1.19. The third kappa shape index (κ3) is 2.78. The van der Waals surface area contributed by atoms with Crippen molar-refractivity contribution >= 4 is 5.91 Å². The van der Waals surface area contributed by atoms with Crippen LogP contribution >= 0.6 is 0 Å². The number of aromatic nitrogens is 5. The molecule has 0 aromatic carbocycles. The summed E-state index contributed by atoms with van der Waals surface area (Å²) in [6, 6.07) is -0.0713. The average molecular weight is 346 g/mol. The molecule has 2 atom stereocenters. The Kier molecular flexibility index (Phi) is 3.75. The van der Waals surface area contributed by atoms with Crippen molar-refractivity contribution in [2.45, 2.75) is 38.6 Å². The van der Waals surface area contributed by atoms with Gasteiger partial charge in [-0.05, 0) is 13.3 Å². The lowest BCUT2D eigenvalue weighted by molar-refractivity contribution is -0.138. The third-order valence-electron chi connectivity index (χ3n) is 4.78. The van der Waals surface area contributed by atoms with Crippen LogP contribution in [0, 0.1) is 6.92 Å². The fraction of sp³-hybridized carbons (Fsp3) is 0.533. The first-order chi connectivity index (χ1) is 12.0. The van der Waals surface area contributed by atoms with E-state index >= 15 is 0 Å². The maximum atomic E-state index is 12.6. The molecular formula is C15H18N6O4. The van der Waals surface area contributed by atoms with Gasteiger partial charge in [-0.2, -0.15) is 0 Å². The Hall–Kier alpha value is -2.75. The fourth-order valence-corrected chi connectivity index (χ4v) is 3.39. The van der Waals surface area contributed by atoms with Gasteiger partial charge in [0.15, 0.2) is 0 Å². The Balaban J connectivity index is 1.52. The van der Waals surface area contributed by atoms with Crippen molar-refractivity contribution in [1.82, 2.24) is 29.4 Å². The van der Waals surface area contributed by atoms with Crippen LogP contribution in [-0.2, 0) is 22.7 Å². The van der Waals surface area contributed by atoms with Crippen molar-refractivity contribution in [2.75, 3.05) is 13.1 Å². The first kappa shape index (κ1) is 15.8. The van der Waals surface area contributed by atoms with Crippen LogP contribution in [0.4, 0.5) is 0 Å². The van der Waals surface area contributed by atoms with Crippen molar-refractivity contribution in [3.63, 3.8) is 0 Å².